The van der Waals surface area contributed by atoms with Crippen LogP contribution in [-0.4, -0.2) is 18.0 Å². The molecule has 1 saturated carbocycles. The lowest BCUT2D eigenvalue weighted by Gasteiger charge is -2.26. The first-order chi connectivity index (χ1) is 14.3. The Bertz CT molecular complexity index is 804. The van der Waals surface area contributed by atoms with Crippen LogP contribution in [0.25, 0.3) is 0 Å². The number of hydrogen-bond acceptors (Lipinski definition) is 6. The monoisotopic (exact) mass is 410 g/mol. The van der Waals surface area contributed by atoms with Gasteiger partial charge in [0.25, 0.3) is 0 Å². The molecule has 2 aromatic carbocycles. The number of carbonyl (C=O) groups is 2. The van der Waals surface area contributed by atoms with Crippen LogP contribution in [0.15, 0.2) is 36.4 Å². The quantitative estimate of drug-likeness (QED) is 0.488. The number of carbonyl (C=O) groups excluding carboxylic acids is 2. The third kappa shape index (κ3) is 5.90. The van der Waals surface area contributed by atoms with Crippen molar-refractivity contribution >= 4 is 11.9 Å². The summed E-state index contributed by atoms with van der Waals surface area (Å²) in [5, 5.41) is 0. The van der Waals surface area contributed by atoms with Gasteiger partial charge in [-0.3, -0.25) is 9.78 Å². The van der Waals surface area contributed by atoms with E-state index in [1.165, 1.54) is 0 Å². The largest absolute Gasteiger partial charge is 0.373 e. The number of rotatable bonds is 6. The van der Waals surface area contributed by atoms with E-state index in [4.69, 9.17) is 19.6 Å². The highest BCUT2D eigenvalue weighted by molar-refractivity contribution is 5.90. The van der Waals surface area contributed by atoms with Gasteiger partial charge in [0.05, 0.1) is 11.1 Å². The second-order valence-corrected chi connectivity index (χ2v) is 7.69. The predicted molar refractivity (Wildman–Crippen MR) is 110 cm³/mol. The summed E-state index contributed by atoms with van der Waals surface area (Å²) in [5.74, 6) is -1.17. The fraction of sp³-hybridized carbons (Fsp3) is 0.333. The molecule has 1 atom stereocenters. The van der Waals surface area contributed by atoms with Crippen LogP contribution >= 0.6 is 0 Å². The summed E-state index contributed by atoms with van der Waals surface area (Å²) in [6, 6.07) is 10.9. The first-order valence-corrected chi connectivity index (χ1v) is 9.92. The lowest BCUT2D eigenvalue weighted by atomic mass is 9.95. The topological polar surface area (TPSA) is 71.1 Å². The molecule has 0 N–H and O–H groups in total. The fourth-order valence-corrected chi connectivity index (χ4v) is 3.47. The van der Waals surface area contributed by atoms with Crippen LogP contribution in [0.5, 0.6) is 0 Å². The van der Waals surface area contributed by atoms with E-state index in [9.17, 15) is 9.59 Å². The SMILES string of the molecule is Cc1cc(C)cc(C(=O)OO[C]2CC[CH]CC2OOC(=O)c2cc(C)cc(C)c2)c1. The van der Waals surface area contributed by atoms with Crippen molar-refractivity contribution in [3.8, 4) is 0 Å². The van der Waals surface area contributed by atoms with Crippen molar-refractivity contribution in [2.75, 3.05) is 0 Å². The molecule has 0 aromatic heterocycles. The van der Waals surface area contributed by atoms with Gasteiger partial charge in [0.1, 0.15) is 6.10 Å². The highest BCUT2D eigenvalue weighted by Gasteiger charge is 2.33. The zero-order chi connectivity index (χ0) is 21.7. The molecule has 0 amide bonds. The Labute approximate surface area is 176 Å². The molecule has 6 nitrogen and oxygen atoms in total. The molecule has 2 aromatic rings. The van der Waals surface area contributed by atoms with E-state index in [-0.39, 0.29) is 0 Å². The van der Waals surface area contributed by atoms with Gasteiger partial charge in [0, 0.05) is 0 Å². The Hall–Kier alpha value is -2.70. The fourth-order valence-electron chi connectivity index (χ4n) is 3.47. The van der Waals surface area contributed by atoms with E-state index >= 15 is 0 Å². The lowest BCUT2D eigenvalue weighted by molar-refractivity contribution is -0.317. The van der Waals surface area contributed by atoms with Gasteiger partial charge in [-0.25, -0.2) is 9.59 Å². The molecule has 1 fully saturated rings. The van der Waals surface area contributed by atoms with E-state index in [0.29, 0.717) is 30.1 Å². The minimum Gasteiger partial charge on any atom is -0.292 e. The molecular weight excluding hydrogens is 384 g/mol. The molecule has 0 saturated heterocycles. The van der Waals surface area contributed by atoms with Crippen molar-refractivity contribution in [1.82, 2.24) is 0 Å². The van der Waals surface area contributed by atoms with Crippen molar-refractivity contribution in [2.24, 2.45) is 0 Å². The van der Waals surface area contributed by atoms with Crippen LogP contribution in [0.4, 0.5) is 0 Å². The maximum atomic E-state index is 12.3. The minimum atomic E-state index is -0.638. The summed E-state index contributed by atoms with van der Waals surface area (Å²) in [5.41, 5.74) is 4.66. The minimum absolute atomic E-state index is 0.406. The van der Waals surface area contributed by atoms with Gasteiger partial charge in [0.15, 0.2) is 6.10 Å². The maximum absolute atomic E-state index is 12.3. The Morgan fingerprint density at radius 2 is 1.27 bits per heavy atom. The van der Waals surface area contributed by atoms with Gasteiger partial charge >= 0.3 is 11.9 Å². The summed E-state index contributed by atoms with van der Waals surface area (Å²) in [4.78, 5) is 45.3. The third-order valence-electron chi connectivity index (χ3n) is 4.71. The van der Waals surface area contributed by atoms with Gasteiger partial charge in [-0.15, -0.1) is 0 Å². The summed E-state index contributed by atoms with van der Waals surface area (Å²) >= 11 is 0. The smallest absolute Gasteiger partial charge is 0.292 e. The van der Waals surface area contributed by atoms with Gasteiger partial charge in [0.2, 0.25) is 0 Å². The molecule has 6 heteroatoms. The van der Waals surface area contributed by atoms with E-state index in [2.05, 4.69) is 0 Å². The van der Waals surface area contributed by atoms with E-state index in [1.54, 1.807) is 24.3 Å². The molecule has 0 aliphatic heterocycles. The van der Waals surface area contributed by atoms with E-state index in [1.807, 2.05) is 46.2 Å². The van der Waals surface area contributed by atoms with Crippen LogP contribution in [0.3, 0.4) is 0 Å². The van der Waals surface area contributed by atoms with Crippen LogP contribution in [0, 0.1) is 40.2 Å². The standard InChI is InChI=1S/C24H26O6/c1-15-9-16(2)12-19(11-15)23(25)29-27-21-7-5-6-8-22(21)28-30-24(26)20-13-17(3)10-18(4)14-20/h5,9-14,21H,6-8H2,1-4H3. The molecular formula is C24H26O6. The Kier molecular flexibility index (Phi) is 7.24. The molecule has 158 valence electrons. The lowest BCUT2D eigenvalue weighted by Crippen LogP contribution is -2.30. The van der Waals surface area contributed by atoms with Gasteiger partial charge in [-0.2, -0.15) is 9.78 Å². The van der Waals surface area contributed by atoms with Crippen molar-refractivity contribution < 1.29 is 29.1 Å². The molecule has 1 unspecified atom stereocenters. The van der Waals surface area contributed by atoms with Crippen molar-refractivity contribution in [1.29, 1.82) is 0 Å². The predicted octanol–water partition coefficient (Wildman–Crippen LogP) is 5.09. The van der Waals surface area contributed by atoms with Crippen LogP contribution in [-0.2, 0) is 19.6 Å². The molecule has 3 rings (SSSR count). The average molecular weight is 410 g/mol. The average Bonchev–Trinajstić information content (AvgIpc) is 2.69. The summed E-state index contributed by atoms with van der Waals surface area (Å²) < 4.78 is 0. The van der Waals surface area contributed by atoms with Crippen molar-refractivity contribution in [2.45, 2.75) is 53.1 Å². The molecule has 30 heavy (non-hydrogen) atoms. The van der Waals surface area contributed by atoms with E-state index < -0.39 is 18.0 Å². The molecule has 0 heterocycles. The first-order valence-electron chi connectivity index (χ1n) is 9.92. The molecule has 2 radical (unpaired) electrons. The Balaban J connectivity index is 1.56. The highest BCUT2D eigenvalue weighted by atomic mass is 17.2. The number of benzene rings is 2. The molecule has 0 spiro atoms. The second-order valence-electron chi connectivity index (χ2n) is 7.69. The molecule has 1 aliphatic rings. The maximum Gasteiger partial charge on any atom is 0.373 e. The van der Waals surface area contributed by atoms with Crippen LogP contribution < -0.4 is 0 Å². The summed E-state index contributed by atoms with van der Waals surface area (Å²) in [6.45, 7) is 7.63. The Morgan fingerprint density at radius 3 is 1.80 bits per heavy atom. The van der Waals surface area contributed by atoms with Crippen LogP contribution in [0.2, 0.25) is 0 Å². The van der Waals surface area contributed by atoms with Gasteiger partial charge in [-0.1, -0.05) is 34.4 Å². The zero-order valence-corrected chi connectivity index (χ0v) is 17.7. The molecule has 1 aliphatic carbocycles. The number of hydrogen-bond donors (Lipinski definition) is 0. The summed E-state index contributed by atoms with van der Waals surface area (Å²) in [6.07, 6.45) is 3.52. The molecule has 0 bridgehead atoms. The van der Waals surface area contributed by atoms with Gasteiger partial charge < -0.3 is 0 Å². The van der Waals surface area contributed by atoms with Crippen molar-refractivity contribution in [3.63, 3.8) is 0 Å². The summed E-state index contributed by atoms with van der Waals surface area (Å²) in [7, 11) is 0. The number of aryl methyl sites for hydroxylation is 4. The van der Waals surface area contributed by atoms with E-state index in [0.717, 1.165) is 28.7 Å². The van der Waals surface area contributed by atoms with Crippen molar-refractivity contribution in [3.05, 3.63) is 82.3 Å². The zero-order valence-electron chi connectivity index (χ0n) is 17.7. The normalized spacial score (nSPS) is 16.9. The second kappa shape index (κ2) is 9.87. The van der Waals surface area contributed by atoms with Gasteiger partial charge in [-0.05, 0) is 77.6 Å². The first kappa shape index (κ1) is 22.0. The Morgan fingerprint density at radius 1 is 0.767 bits per heavy atom. The third-order valence-corrected chi connectivity index (χ3v) is 4.71. The van der Waals surface area contributed by atoms with Crippen LogP contribution in [0.1, 0.15) is 62.2 Å². The highest BCUT2D eigenvalue weighted by Crippen LogP contribution is 2.30.